The molecule has 0 fully saturated rings. The number of fused-ring (bicyclic) bond motifs is 3. The molecule has 1 heterocycles. The molecule has 0 aliphatic heterocycles. The van der Waals surface area contributed by atoms with Crippen LogP contribution in [-0.2, 0) is 0 Å². The number of carbonyl (C=O) groups is 2. The summed E-state index contributed by atoms with van der Waals surface area (Å²) in [4.78, 5) is 38.3. The SMILES string of the molecule is O=C(CN(CCOc1ccc2c(c1)sc1ccccc12)C(=O)c1ccccc1)c1ccc(Cl)c([N+](=O)[O-])c1. The van der Waals surface area contributed by atoms with Crippen molar-refractivity contribution in [3.63, 3.8) is 0 Å². The standard InChI is InChI=1S/C29H21ClN2O5S/c30-24-13-10-20(16-25(24)32(35)36)26(33)18-31(29(34)19-6-2-1-3-7-19)14-15-37-21-11-12-23-22-8-4-5-9-27(22)38-28(23)17-21/h1-13,16-17H,14-15,18H2. The van der Waals surface area contributed by atoms with Crippen molar-refractivity contribution in [3.8, 4) is 5.75 Å². The number of thiophene rings is 1. The number of ether oxygens (including phenoxy) is 1. The normalized spacial score (nSPS) is 11.0. The highest BCUT2D eigenvalue weighted by Crippen LogP contribution is 2.35. The predicted octanol–water partition coefficient (Wildman–Crippen LogP) is 7.02. The van der Waals surface area contributed by atoms with Crippen LogP contribution in [0, 0.1) is 10.1 Å². The molecular weight excluding hydrogens is 524 g/mol. The Morgan fingerprint density at radius 3 is 2.39 bits per heavy atom. The average molecular weight is 545 g/mol. The Bertz CT molecular complexity index is 1670. The molecule has 9 heteroatoms. The Morgan fingerprint density at radius 1 is 0.868 bits per heavy atom. The minimum atomic E-state index is -0.646. The van der Waals surface area contributed by atoms with Crippen molar-refractivity contribution in [1.29, 1.82) is 0 Å². The van der Waals surface area contributed by atoms with Crippen LogP contribution in [0.3, 0.4) is 0 Å². The molecule has 5 aromatic rings. The van der Waals surface area contributed by atoms with E-state index in [1.807, 2.05) is 30.3 Å². The first-order valence-electron chi connectivity index (χ1n) is 11.8. The molecule has 4 aromatic carbocycles. The number of benzene rings is 4. The molecule has 0 aliphatic rings. The first kappa shape index (κ1) is 25.4. The van der Waals surface area contributed by atoms with Gasteiger partial charge in [0.2, 0.25) is 0 Å². The van der Waals surface area contributed by atoms with Crippen molar-refractivity contribution in [2.24, 2.45) is 0 Å². The Balaban J connectivity index is 1.33. The number of halogens is 1. The number of ketones is 1. The second-order valence-corrected chi connectivity index (χ2v) is 10.0. The second-order valence-electron chi connectivity index (χ2n) is 8.54. The van der Waals surface area contributed by atoms with Gasteiger partial charge in [-0.05, 0) is 48.5 Å². The third kappa shape index (κ3) is 5.37. The van der Waals surface area contributed by atoms with Gasteiger partial charge in [-0.3, -0.25) is 19.7 Å². The molecule has 1 amide bonds. The van der Waals surface area contributed by atoms with E-state index in [2.05, 4.69) is 12.1 Å². The highest BCUT2D eigenvalue weighted by Gasteiger charge is 2.22. The third-order valence-corrected chi connectivity index (χ3v) is 7.54. The molecule has 0 atom stereocenters. The fraction of sp³-hybridized carbons (Fsp3) is 0.103. The van der Waals surface area contributed by atoms with Crippen LogP contribution in [0.15, 0.2) is 91.0 Å². The summed E-state index contributed by atoms with van der Waals surface area (Å²) in [7, 11) is 0. The zero-order chi connectivity index (χ0) is 26.6. The van der Waals surface area contributed by atoms with Gasteiger partial charge in [-0.25, -0.2) is 0 Å². The van der Waals surface area contributed by atoms with Gasteiger partial charge in [0.25, 0.3) is 11.6 Å². The van der Waals surface area contributed by atoms with E-state index in [0.29, 0.717) is 11.3 Å². The maximum atomic E-state index is 13.2. The van der Waals surface area contributed by atoms with E-state index in [9.17, 15) is 19.7 Å². The molecule has 0 saturated heterocycles. The van der Waals surface area contributed by atoms with Crippen LogP contribution in [-0.4, -0.2) is 41.2 Å². The Morgan fingerprint density at radius 2 is 1.61 bits per heavy atom. The van der Waals surface area contributed by atoms with Gasteiger partial charge in [0.05, 0.1) is 18.0 Å². The van der Waals surface area contributed by atoms with Crippen LogP contribution in [0.4, 0.5) is 5.69 Å². The summed E-state index contributed by atoms with van der Waals surface area (Å²) >= 11 is 7.57. The van der Waals surface area contributed by atoms with E-state index < -0.39 is 10.7 Å². The number of hydrogen-bond acceptors (Lipinski definition) is 6. The van der Waals surface area contributed by atoms with E-state index in [-0.39, 0.29) is 41.9 Å². The number of nitrogens with zero attached hydrogens (tertiary/aromatic N) is 2. The van der Waals surface area contributed by atoms with Gasteiger partial charge < -0.3 is 9.64 Å². The summed E-state index contributed by atoms with van der Waals surface area (Å²) in [6, 6.07) is 26.6. The average Bonchev–Trinajstić information content (AvgIpc) is 3.30. The molecule has 7 nitrogen and oxygen atoms in total. The summed E-state index contributed by atoms with van der Waals surface area (Å²) < 4.78 is 8.27. The van der Waals surface area contributed by atoms with Gasteiger partial charge >= 0.3 is 0 Å². The minimum absolute atomic E-state index is 0.0622. The number of Topliss-reactive ketones (excluding diaryl/α,β-unsaturated/α-hetero) is 1. The Kier molecular flexibility index (Phi) is 7.35. The first-order valence-corrected chi connectivity index (χ1v) is 13.0. The lowest BCUT2D eigenvalue weighted by Crippen LogP contribution is -2.38. The third-order valence-electron chi connectivity index (χ3n) is 6.09. The van der Waals surface area contributed by atoms with Gasteiger partial charge in [0, 0.05) is 37.4 Å². The number of amides is 1. The molecular formula is C29H21ClN2O5S. The molecule has 5 rings (SSSR count). The van der Waals surface area contributed by atoms with Crippen molar-refractivity contribution in [2.75, 3.05) is 19.7 Å². The molecule has 0 bridgehead atoms. The molecule has 0 radical (unpaired) electrons. The van der Waals surface area contributed by atoms with Crippen LogP contribution < -0.4 is 4.74 Å². The lowest BCUT2D eigenvalue weighted by molar-refractivity contribution is -0.384. The molecule has 0 saturated carbocycles. The predicted molar refractivity (Wildman–Crippen MR) is 150 cm³/mol. The Labute approximate surface area is 227 Å². The van der Waals surface area contributed by atoms with Crippen molar-refractivity contribution in [3.05, 3.63) is 117 Å². The van der Waals surface area contributed by atoms with Gasteiger partial charge in [-0.1, -0.05) is 48.0 Å². The maximum Gasteiger partial charge on any atom is 0.288 e. The topological polar surface area (TPSA) is 89.8 Å². The number of carbonyl (C=O) groups excluding carboxylic acids is 2. The summed E-state index contributed by atoms with van der Waals surface area (Å²) in [5, 5.41) is 13.5. The first-order chi connectivity index (χ1) is 18.4. The minimum Gasteiger partial charge on any atom is -0.492 e. The molecule has 190 valence electrons. The van der Waals surface area contributed by atoms with Crippen molar-refractivity contribution in [1.82, 2.24) is 4.90 Å². The quantitative estimate of drug-likeness (QED) is 0.113. The molecule has 0 unspecified atom stereocenters. The number of nitro benzene ring substituents is 1. The fourth-order valence-corrected chi connectivity index (χ4v) is 5.50. The zero-order valence-electron chi connectivity index (χ0n) is 20.0. The highest BCUT2D eigenvalue weighted by molar-refractivity contribution is 7.25. The monoisotopic (exact) mass is 544 g/mol. The van der Waals surface area contributed by atoms with Crippen LogP contribution >= 0.6 is 22.9 Å². The summed E-state index contributed by atoms with van der Waals surface area (Å²) in [5.74, 6) is -0.123. The van der Waals surface area contributed by atoms with E-state index in [4.69, 9.17) is 16.3 Å². The molecule has 0 aliphatic carbocycles. The smallest absolute Gasteiger partial charge is 0.288 e. The maximum absolute atomic E-state index is 13.2. The Hall–Kier alpha value is -4.27. The number of rotatable bonds is 9. The molecule has 1 aromatic heterocycles. The van der Waals surface area contributed by atoms with Crippen molar-refractivity contribution < 1.29 is 19.2 Å². The van der Waals surface area contributed by atoms with Gasteiger partial charge in [-0.15, -0.1) is 11.3 Å². The summed E-state index contributed by atoms with van der Waals surface area (Å²) in [5.41, 5.74) is 0.163. The highest BCUT2D eigenvalue weighted by atomic mass is 35.5. The van der Waals surface area contributed by atoms with E-state index >= 15 is 0 Å². The second kappa shape index (κ2) is 11.0. The van der Waals surface area contributed by atoms with E-state index in [1.165, 1.54) is 27.1 Å². The van der Waals surface area contributed by atoms with E-state index in [1.54, 1.807) is 41.7 Å². The van der Waals surface area contributed by atoms with Gasteiger partial charge in [0.15, 0.2) is 5.78 Å². The summed E-state index contributed by atoms with van der Waals surface area (Å²) in [6.45, 7) is 0.0217. The van der Waals surface area contributed by atoms with Crippen LogP contribution in [0.2, 0.25) is 5.02 Å². The van der Waals surface area contributed by atoms with Crippen LogP contribution in [0.25, 0.3) is 20.2 Å². The van der Waals surface area contributed by atoms with Crippen LogP contribution in [0.1, 0.15) is 20.7 Å². The lowest BCUT2D eigenvalue weighted by atomic mass is 10.1. The lowest BCUT2D eigenvalue weighted by Gasteiger charge is -2.22. The van der Waals surface area contributed by atoms with Crippen molar-refractivity contribution >= 4 is 60.5 Å². The summed E-state index contributed by atoms with van der Waals surface area (Å²) in [6.07, 6.45) is 0. The molecule has 38 heavy (non-hydrogen) atoms. The number of hydrogen-bond donors (Lipinski definition) is 0. The largest absolute Gasteiger partial charge is 0.492 e. The van der Waals surface area contributed by atoms with Crippen molar-refractivity contribution in [2.45, 2.75) is 0 Å². The van der Waals surface area contributed by atoms with Gasteiger partial charge in [-0.2, -0.15) is 0 Å². The molecule has 0 N–H and O–H groups in total. The van der Waals surface area contributed by atoms with Gasteiger partial charge in [0.1, 0.15) is 17.4 Å². The van der Waals surface area contributed by atoms with Crippen LogP contribution in [0.5, 0.6) is 5.75 Å². The number of nitro groups is 1. The van der Waals surface area contributed by atoms with E-state index in [0.717, 1.165) is 16.2 Å². The molecule has 0 spiro atoms. The zero-order valence-corrected chi connectivity index (χ0v) is 21.6. The fourth-order valence-electron chi connectivity index (χ4n) is 4.18.